The zero-order chi connectivity index (χ0) is 27.9. The average molecular weight is 568 g/mol. The first-order chi connectivity index (χ1) is 18.5. The highest BCUT2D eigenvalue weighted by molar-refractivity contribution is 6.35. The lowest BCUT2D eigenvalue weighted by Gasteiger charge is -2.12. The van der Waals surface area contributed by atoms with E-state index in [1.54, 1.807) is 30.3 Å². The molecule has 2 aliphatic rings. The van der Waals surface area contributed by atoms with E-state index in [0.29, 0.717) is 40.6 Å². The van der Waals surface area contributed by atoms with Crippen molar-refractivity contribution in [2.75, 3.05) is 34.4 Å². The van der Waals surface area contributed by atoms with Gasteiger partial charge >= 0.3 is 6.03 Å². The second-order valence-corrected chi connectivity index (χ2v) is 11.0. The fraction of sp³-hybridized carbons (Fsp3) is 0.357. The fourth-order valence-electron chi connectivity index (χ4n) is 4.74. The molecule has 2 aromatic heterocycles. The van der Waals surface area contributed by atoms with Gasteiger partial charge in [0, 0.05) is 40.7 Å². The van der Waals surface area contributed by atoms with E-state index in [4.69, 9.17) is 4.52 Å². The summed E-state index contributed by atoms with van der Waals surface area (Å²) in [6, 6.07) is 6.41. The number of halogens is 1. The molecule has 1 aromatic carbocycles. The van der Waals surface area contributed by atoms with Gasteiger partial charge in [0.15, 0.2) is 5.82 Å². The maximum absolute atomic E-state index is 12.9. The Morgan fingerprint density at radius 1 is 1.12 bits per heavy atom. The molecule has 3 aromatic rings. The second kappa shape index (κ2) is 11.2. The van der Waals surface area contributed by atoms with E-state index in [1.807, 2.05) is 34.6 Å². The molecule has 0 saturated carbocycles. The van der Waals surface area contributed by atoms with Gasteiger partial charge in [0.25, 0.3) is 5.91 Å². The van der Waals surface area contributed by atoms with Crippen LogP contribution >= 0.6 is 12.4 Å². The van der Waals surface area contributed by atoms with E-state index < -0.39 is 6.03 Å². The van der Waals surface area contributed by atoms with Gasteiger partial charge in [-0.2, -0.15) is 0 Å². The maximum atomic E-state index is 12.9. The van der Waals surface area contributed by atoms with E-state index >= 15 is 0 Å². The molecule has 0 bridgehead atoms. The van der Waals surface area contributed by atoms with Gasteiger partial charge in [-0.1, -0.05) is 32.0 Å². The monoisotopic (exact) mass is 567 g/mol. The number of hydrogen-bond acceptors (Lipinski definition) is 6. The van der Waals surface area contributed by atoms with Crippen LogP contribution in [0.1, 0.15) is 55.5 Å². The highest BCUT2D eigenvalue weighted by Gasteiger charge is 2.27. The van der Waals surface area contributed by atoms with E-state index in [2.05, 4.69) is 36.7 Å². The van der Waals surface area contributed by atoms with E-state index in [9.17, 15) is 14.4 Å². The van der Waals surface area contributed by atoms with Crippen LogP contribution < -0.4 is 26.6 Å². The smallest absolute Gasteiger partial charge is 0.324 e. The lowest BCUT2D eigenvalue weighted by molar-refractivity contribution is -0.119. The molecule has 4 amide bonds. The summed E-state index contributed by atoms with van der Waals surface area (Å²) in [5, 5.41) is 18.4. The van der Waals surface area contributed by atoms with E-state index in [0.717, 1.165) is 35.6 Å². The molecule has 0 radical (unpaired) electrons. The van der Waals surface area contributed by atoms with Crippen molar-refractivity contribution in [3.05, 3.63) is 52.5 Å². The molecule has 1 atom stereocenters. The maximum Gasteiger partial charge on any atom is 0.324 e. The number of urea groups is 1. The summed E-state index contributed by atoms with van der Waals surface area (Å²) in [4.78, 5) is 41.3. The van der Waals surface area contributed by atoms with Crippen LogP contribution in [0.25, 0.3) is 11.6 Å². The Balaban J connectivity index is 0.00000370. The number of rotatable bonds is 5. The van der Waals surface area contributed by atoms with Crippen LogP contribution in [0.2, 0.25) is 0 Å². The molecule has 2 aliphatic heterocycles. The van der Waals surface area contributed by atoms with Crippen LogP contribution in [0.3, 0.4) is 0 Å². The van der Waals surface area contributed by atoms with Crippen molar-refractivity contribution in [2.24, 2.45) is 5.92 Å². The zero-order valence-electron chi connectivity index (χ0n) is 23.1. The zero-order valence-corrected chi connectivity index (χ0v) is 23.9. The van der Waals surface area contributed by atoms with E-state index in [1.165, 1.54) is 0 Å². The van der Waals surface area contributed by atoms with Crippen LogP contribution in [0.4, 0.5) is 27.7 Å². The van der Waals surface area contributed by atoms with Crippen molar-refractivity contribution in [1.82, 2.24) is 15.5 Å². The molecule has 11 nitrogen and oxygen atoms in total. The quantitative estimate of drug-likeness (QED) is 0.238. The van der Waals surface area contributed by atoms with Gasteiger partial charge in [-0.15, -0.1) is 12.4 Å². The number of fused-ring (bicyclic) bond motifs is 1. The highest BCUT2D eigenvalue weighted by Crippen LogP contribution is 2.36. The van der Waals surface area contributed by atoms with Crippen LogP contribution in [0.5, 0.6) is 0 Å². The number of aromatic nitrogens is 2. The lowest BCUT2D eigenvalue weighted by Crippen LogP contribution is -2.25. The van der Waals surface area contributed by atoms with Gasteiger partial charge in [0.1, 0.15) is 5.76 Å². The molecule has 40 heavy (non-hydrogen) atoms. The van der Waals surface area contributed by atoms with Crippen LogP contribution in [-0.4, -0.2) is 41.1 Å². The highest BCUT2D eigenvalue weighted by atomic mass is 35.5. The first-order valence-corrected chi connectivity index (χ1v) is 12.9. The minimum absolute atomic E-state index is 0. The van der Waals surface area contributed by atoms with Crippen molar-refractivity contribution in [1.29, 1.82) is 0 Å². The van der Waals surface area contributed by atoms with Crippen LogP contribution in [0.15, 0.2) is 28.8 Å². The Morgan fingerprint density at radius 3 is 2.58 bits per heavy atom. The summed E-state index contributed by atoms with van der Waals surface area (Å²) in [6.45, 7) is 11.3. The van der Waals surface area contributed by atoms with Crippen molar-refractivity contribution in [2.45, 2.75) is 46.5 Å². The number of nitrogens with one attached hydrogen (secondary N) is 6. The van der Waals surface area contributed by atoms with Crippen LogP contribution in [-0.2, 0) is 15.0 Å². The molecule has 1 saturated heterocycles. The predicted octanol–water partition coefficient (Wildman–Crippen LogP) is 5.02. The lowest BCUT2D eigenvalue weighted by atomic mass is 9.93. The number of carbonyl (C=O) groups is 3. The minimum Gasteiger partial charge on any atom is -0.359 e. The SMILES string of the molecule is Cc1[nH]c(C=C2C(=O)Nc3cc(NC(=O)Nc4cc(C(C)(C)C)on4)ccc32)c(C)c1NC(=O)C1CCNC1.Cl. The summed E-state index contributed by atoms with van der Waals surface area (Å²) >= 11 is 0. The number of aromatic amines is 1. The van der Waals surface area contributed by atoms with E-state index in [-0.39, 0.29) is 35.6 Å². The third-order valence-electron chi connectivity index (χ3n) is 7.00. The van der Waals surface area contributed by atoms with Gasteiger partial charge < -0.3 is 30.8 Å². The molecule has 1 fully saturated rings. The molecule has 5 rings (SSSR count). The number of benzene rings is 1. The summed E-state index contributed by atoms with van der Waals surface area (Å²) < 4.78 is 5.30. The molecule has 6 N–H and O–H groups in total. The first kappa shape index (κ1) is 28.9. The molecule has 212 valence electrons. The number of nitrogens with zero attached hydrogens (tertiary/aromatic N) is 1. The van der Waals surface area contributed by atoms with Crippen molar-refractivity contribution < 1.29 is 18.9 Å². The summed E-state index contributed by atoms with van der Waals surface area (Å²) in [7, 11) is 0. The molecular formula is C28H34ClN7O4. The van der Waals surface area contributed by atoms with Crippen molar-refractivity contribution >= 4 is 64.8 Å². The largest absolute Gasteiger partial charge is 0.359 e. The van der Waals surface area contributed by atoms with Gasteiger partial charge in [0.2, 0.25) is 5.91 Å². The summed E-state index contributed by atoms with van der Waals surface area (Å²) in [5.41, 5.74) is 5.23. The van der Waals surface area contributed by atoms with Crippen molar-refractivity contribution in [3.8, 4) is 0 Å². The number of amides is 4. The molecule has 1 unspecified atom stereocenters. The average Bonchev–Trinajstić information content (AvgIpc) is 3.65. The number of carbonyl (C=O) groups excluding carboxylic acids is 3. The normalized spacial score (nSPS) is 17.3. The second-order valence-electron chi connectivity index (χ2n) is 11.0. The summed E-state index contributed by atoms with van der Waals surface area (Å²) in [5.74, 6) is 0.665. The number of hydrogen-bond donors (Lipinski definition) is 6. The van der Waals surface area contributed by atoms with Crippen molar-refractivity contribution in [3.63, 3.8) is 0 Å². The Labute approximate surface area is 238 Å². The van der Waals surface area contributed by atoms with Gasteiger partial charge in [-0.25, -0.2) is 4.79 Å². The Morgan fingerprint density at radius 2 is 1.90 bits per heavy atom. The Hall–Kier alpha value is -4.09. The molecule has 12 heteroatoms. The predicted molar refractivity (Wildman–Crippen MR) is 158 cm³/mol. The topological polar surface area (TPSA) is 153 Å². The summed E-state index contributed by atoms with van der Waals surface area (Å²) in [6.07, 6.45) is 2.60. The minimum atomic E-state index is -0.482. The number of anilines is 4. The molecule has 0 aliphatic carbocycles. The van der Waals surface area contributed by atoms with Gasteiger partial charge in [-0.05, 0) is 50.6 Å². The van der Waals surface area contributed by atoms with Gasteiger partial charge in [-0.3, -0.25) is 14.9 Å². The first-order valence-electron chi connectivity index (χ1n) is 12.9. The number of aryl methyl sites for hydroxylation is 1. The van der Waals surface area contributed by atoms with Crippen LogP contribution in [0, 0.1) is 19.8 Å². The third-order valence-corrected chi connectivity index (χ3v) is 7.00. The third kappa shape index (κ3) is 5.90. The standard InChI is InChI=1S/C28H33N7O4.ClH/c1-14-20(30-15(2)24(14)34-25(36)16-8-9-29-13-16)11-19-18-7-6-17(10-21(18)32-26(19)37)31-27(38)33-23-12-22(39-35-23)28(3,4)5;/h6-7,10-12,16,29-30H,8-9,13H2,1-5H3,(H,32,37)(H,34,36)(H2,31,33,35,38);1H. The molecule has 0 spiro atoms. The molecule has 4 heterocycles. The fourth-order valence-corrected chi connectivity index (χ4v) is 4.74. The van der Waals surface area contributed by atoms with Gasteiger partial charge in [0.05, 0.1) is 22.9 Å². The Bertz CT molecular complexity index is 1490. The number of H-pyrrole nitrogens is 1. The molecular weight excluding hydrogens is 534 g/mol. The Kier molecular flexibility index (Phi) is 8.08.